The van der Waals surface area contributed by atoms with Crippen LogP contribution in [0.5, 0.6) is 17.2 Å². The van der Waals surface area contributed by atoms with Crippen LogP contribution in [-0.2, 0) is 22.5 Å². The SMILES string of the molecule is C=CCN(C(=O)OC(C)(C)C)[C@@H](Cc1ccccc1)C(=O)N(C)Cc1cc(OC)c(OC)c(OC)c1. The number of carbonyl (C=O) groups is 2. The van der Waals surface area contributed by atoms with Crippen LogP contribution in [-0.4, -0.2) is 68.4 Å². The van der Waals surface area contributed by atoms with E-state index in [1.165, 1.54) is 12.0 Å². The van der Waals surface area contributed by atoms with Crippen molar-refractivity contribution < 1.29 is 28.5 Å². The molecule has 0 aliphatic carbocycles. The average molecular weight is 499 g/mol. The molecule has 0 unspecified atom stereocenters. The maximum atomic E-state index is 13.8. The zero-order chi connectivity index (χ0) is 26.9. The molecule has 2 aromatic rings. The standard InChI is InChI=1S/C28H38N2O6/c1-9-15-30(27(32)36-28(2,3)4)22(16-20-13-11-10-12-14-20)26(31)29(5)19-21-17-23(33-6)25(35-8)24(18-21)34-7/h9-14,17-18,22H,1,15-16,19H2,2-8H3/t22-/m0/s1. The van der Waals surface area contributed by atoms with Gasteiger partial charge < -0.3 is 23.8 Å². The number of amides is 2. The quantitative estimate of drug-likeness (QED) is 0.418. The summed E-state index contributed by atoms with van der Waals surface area (Å²) in [6, 6.07) is 12.4. The fraction of sp³-hybridized carbons (Fsp3) is 0.429. The molecule has 0 aliphatic heterocycles. The summed E-state index contributed by atoms with van der Waals surface area (Å²) in [6.45, 7) is 9.58. The van der Waals surface area contributed by atoms with E-state index >= 15 is 0 Å². The number of benzene rings is 2. The first-order chi connectivity index (χ1) is 17.0. The molecule has 2 aromatic carbocycles. The normalized spacial score (nSPS) is 11.8. The molecule has 0 fully saturated rings. The third-order valence-corrected chi connectivity index (χ3v) is 5.41. The summed E-state index contributed by atoms with van der Waals surface area (Å²) in [5, 5.41) is 0. The lowest BCUT2D eigenvalue weighted by atomic mass is 10.0. The molecule has 2 rings (SSSR count). The summed E-state index contributed by atoms with van der Waals surface area (Å²) in [5.74, 6) is 1.23. The van der Waals surface area contributed by atoms with Gasteiger partial charge in [0.25, 0.3) is 0 Å². The first-order valence-corrected chi connectivity index (χ1v) is 11.7. The van der Waals surface area contributed by atoms with E-state index in [2.05, 4.69) is 6.58 Å². The van der Waals surface area contributed by atoms with Crippen molar-refractivity contribution in [3.8, 4) is 17.2 Å². The van der Waals surface area contributed by atoms with Gasteiger partial charge >= 0.3 is 6.09 Å². The second-order valence-corrected chi connectivity index (χ2v) is 9.35. The molecule has 0 radical (unpaired) electrons. The van der Waals surface area contributed by atoms with Crippen molar-refractivity contribution in [2.45, 2.75) is 45.4 Å². The fourth-order valence-corrected chi connectivity index (χ4v) is 3.79. The Morgan fingerprint density at radius 2 is 1.56 bits per heavy atom. The van der Waals surface area contributed by atoms with Crippen molar-refractivity contribution in [1.29, 1.82) is 0 Å². The number of likely N-dealkylation sites (N-methyl/N-ethyl adjacent to an activating group) is 1. The fourth-order valence-electron chi connectivity index (χ4n) is 3.79. The lowest BCUT2D eigenvalue weighted by molar-refractivity contribution is -0.136. The number of carbonyl (C=O) groups excluding carboxylic acids is 2. The third kappa shape index (κ3) is 7.66. The molecule has 8 heteroatoms. The highest BCUT2D eigenvalue weighted by Crippen LogP contribution is 2.38. The smallest absolute Gasteiger partial charge is 0.411 e. The van der Waals surface area contributed by atoms with Crippen LogP contribution in [0.2, 0.25) is 0 Å². The molecule has 0 bridgehead atoms. The van der Waals surface area contributed by atoms with Gasteiger partial charge in [0.05, 0.1) is 21.3 Å². The van der Waals surface area contributed by atoms with Gasteiger partial charge in [-0.2, -0.15) is 0 Å². The van der Waals surface area contributed by atoms with Crippen LogP contribution in [0, 0.1) is 0 Å². The highest BCUT2D eigenvalue weighted by Gasteiger charge is 2.34. The van der Waals surface area contributed by atoms with Crippen molar-refractivity contribution >= 4 is 12.0 Å². The number of methoxy groups -OCH3 is 3. The molecular formula is C28H38N2O6. The Hall–Kier alpha value is -3.68. The van der Waals surface area contributed by atoms with Crippen LogP contribution in [0.1, 0.15) is 31.9 Å². The van der Waals surface area contributed by atoms with Gasteiger partial charge in [-0.25, -0.2) is 4.79 Å². The number of ether oxygens (including phenoxy) is 4. The second kappa shape index (κ2) is 12.9. The Kier molecular flexibility index (Phi) is 10.2. The van der Waals surface area contributed by atoms with Crippen LogP contribution in [0.4, 0.5) is 4.79 Å². The van der Waals surface area contributed by atoms with Crippen LogP contribution in [0.3, 0.4) is 0 Å². The zero-order valence-electron chi connectivity index (χ0n) is 22.4. The minimum absolute atomic E-state index is 0.163. The van der Waals surface area contributed by atoms with E-state index in [9.17, 15) is 9.59 Å². The van der Waals surface area contributed by atoms with Gasteiger partial charge in [0.2, 0.25) is 11.7 Å². The van der Waals surface area contributed by atoms with Crippen LogP contribution in [0.25, 0.3) is 0 Å². The third-order valence-electron chi connectivity index (χ3n) is 5.41. The summed E-state index contributed by atoms with van der Waals surface area (Å²) in [6.07, 6.45) is 1.35. The van der Waals surface area contributed by atoms with Crippen molar-refractivity contribution in [2.75, 3.05) is 34.9 Å². The molecule has 1 atom stereocenters. The van der Waals surface area contributed by atoms with Crippen molar-refractivity contribution in [3.63, 3.8) is 0 Å². The summed E-state index contributed by atoms with van der Waals surface area (Å²) in [4.78, 5) is 30.0. The van der Waals surface area contributed by atoms with E-state index in [1.54, 1.807) is 65.1 Å². The van der Waals surface area contributed by atoms with E-state index in [-0.39, 0.29) is 19.0 Å². The van der Waals surface area contributed by atoms with Gasteiger partial charge in [-0.15, -0.1) is 6.58 Å². The van der Waals surface area contributed by atoms with Crippen molar-refractivity contribution in [2.24, 2.45) is 0 Å². The number of nitrogens with zero attached hydrogens (tertiary/aromatic N) is 2. The van der Waals surface area contributed by atoms with Gasteiger partial charge in [-0.3, -0.25) is 9.69 Å². The molecule has 196 valence electrons. The topological polar surface area (TPSA) is 77.5 Å². The van der Waals surface area contributed by atoms with Crippen LogP contribution in [0.15, 0.2) is 55.1 Å². The maximum Gasteiger partial charge on any atom is 0.411 e. The summed E-state index contributed by atoms with van der Waals surface area (Å²) in [5.41, 5.74) is 1.000. The number of hydrogen-bond acceptors (Lipinski definition) is 6. The average Bonchev–Trinajstić information content (AvgIpc) is 2.84. The van der Waals surface area contributed by atoms with E-state index in [4.69, 9.17) is 18.9 Å². The monoisotopic (exact) mass is 498 g/mol. The van der Waals surface area contributed by atoms with Gasteiger partial charge in [-0.05, 0) is 44.0 Å². The van der Waals surface area contributed by atoms with Crippen LogP contribution >= 0.6 is 0 Å². The number of rotatable bonds is 11. The minimum Gasteiger partial charge on any atom is -0.493 e. The molecule has 0 aromatic heterocycles. The second-order valence-electron chi connectivity index (χ2n) is 9.35. The highest BCUT2D eigenvalue weighted by molar-refractivity contribution is 5.86. The molecule has 0 aliphatic rings. The van der Waals surface area contributed by atoms with E-state index in [1.807, 2.05) is 30.3 Å². The number of hydrogen-bond donors (Lipinski definition) is 0. The Morgan fingerprint density at radius 1 is 0.972 bits per heavy atom. The van der Waals surface area contributed by atoms with Gasteiger partial charge in [0.1, 0.15) is 11.6 Å². The predicted octanol–water partition coefficient (Wildman–Crippen LogP) is 4.71. The first-order valence-electron chi connectivity index (χ1n) is 11.7. The minimum atomic E-state index is -0.799. The lowest BCUT2D eigenvalue weighted by Gasteiger charge is -2.34. The molecule has 2 amide bonds. The summed E-state index contributed by atoms with van der Waals surface area (Å²) >= 11 is 0. The van der Waals surface area contributed by atoms with Crippen LogP contribution < -0.4 is 14.2 Å². The largest absolute Gasteiger partial charge is 0.493 e. The molecule has 0 saturated carbocycles. The lowest BCUT2D eigenvalue weighted by Crippen LogP contribution is -2.52. The molecule has 8 nitrogen and oxygen atoms in total. The summed E-state index contributed by atoms with van der Waals surface area (Å²) < 4.78 is 21.9. The van der Waals surface area contributed by atoms with Gasteiger partial charge in [0.15, 0.2) is 11.5 Å². The van der Waals surface area contributed by atoms with E-state index < -0.39 is 17.7 Å². The van der Waals surface area contributed by atoms with Gasteiger partial charge in [0, 0.05) is 26.6 Å². The van der Waals surface area contributed by atoms with Gasteiger partial charge in [-0.1, -0.05) is 36.4 Å². The summed E-state index contributed by atoms with van der Waals surface area (Å²) in [7, 11) is 6.32. The molecule has 0 heterocycles. The predicted molar refractivity (Wildman–Crippen MR) is 140 cm³/mol. The molecule has 36 heavy (non-hydrogen) atoms. The Labute approximate surface area is 214 Å². The van der Waals surface area contributed by atoms with Crippen molar-refractivity contribution in [1.82, 2.24) is 9.80 Å². The Bertz CT molecular complexity index is 1010. The first kappa shape index (κ1) is 28.6. The molecule has 0 spiro atoms. The molecule has 0 saturated heterocycles. The molecular weight excluding hydrogens is 460 g/mol. The van der Waals surface area contributed by atoms with E-state index in [0.717, 1.165) is 11.1 Å². The zero-order valence-corrected chi connectivity index (χ0v) is 22.4. The molecule has 0 N–H and O–H groups in total. The maximum absolute atomic E-state index is 13.8. The highest BCUT2D eigenvalue weighted by atomic mass is 16.6. The van der Waals surface area contributed by atoms with Crippen molar-refractivity contribution in [3.05, 3.63) is 66.2 Å². The Balaban J connectivity index is 2.41. The Morgan fingerprint density at radius 3 is 2.03 bits per heavy atom. The van der Waals surface area contributed by atoms with E-state index in [0.29, 0.717) is 23.7 Å².